The van der Waals surface area contributed by atoms with E-state index in [0.717, 1.165) is 19.3 Å². The Labute approximate surface area is 112 Å². The van der Waals surface area contributed by atoms with E-state index in [9.17, 15) is 9.59 Å². The average Bonchev–Trinajstić information content (AvgIpc) is 2.24. The van der Waals surface area contributed by atoms with E-state index >= 15 is 0 Å². The van der Waals surface area contributed by atoms with E-state index in [0.29, 0.717) is 19.4 Å². The van der Waals surface area contributed by atoms with Crippen molar-refractivity contribution in [2.24, 2.45) is 5.41 Å². The Bertz CT molecular complexity index is 349. The van der Waals surface area contributed by atoms with E-state index in [1.54, 1.807) is 0 Å². The molecule has 0 bridgehead atoms. The Hall–Kier alpha value is -1.30. The van der Waals surface area contributed by atoms with Gasteiger partial charge in [-0.2, -0.15) is 0 Å². The summed E-state index contributed by atoms with van der Waals surface area (Å²) in [6, 6.07) is -0.119. The van der Waals surface area contributed by atoms with Crippen LogP contribution < -0.4 is 10.6 Å². The fourth-order valence-electron chi connectivity index (χ4n) is 2.61. The van der Waals surface area contributed by atoms with Crippen molar-refractivity contribution in [3.8, 4) is 0 Å². The number of amides is 2. The van der Waals surface area contributed by atoms with Crippen molar-refractivity contribution in [3.05, 3.63) is 0 Å². The molecule has 2 amide bonds. The van der Waals surface area contributed by atoms with Crippen molar-refractivity contribution in [3.63, 3.8) is 0 Å². The Morgan fingerprint density at radius 1 is 1.37 bits per heavy atom. The maximum atomic E-state index is 11.7. The van der Waals surface area contributed by atoms with Gasteiger partial charge in [0, 0.05) is 19.2 Å². The highest BCUT2D eigenvalue weighted by atomic mass is 16.5. The molecule has 0 radical (unpaired) electrons. The van der Waals surface area contributed by atoms with Crippen molar-refractivity contribution >= 4 is 12.0 Å². The highest BCUT2D eigenvalue weighted by molar-refractivity contribution is 5.79. The highest BCUT2D eigenvalue weighted by Crippen LogP contribution is 2.40. The molecule has 0 spiro atoms. The van der Waals surface area contributed by atoms with Gasteiger partial charge in [-0.1, -0.05) is 6.42 Å². The molecule has 2 saturated carbocycles. The van der Waals surface area contributed by atoms with Crippen LogP contribution >= 0.6 is 0 Å². The maximum Gasteiger partial charge on any atom is 0.315 e. The van der Waals surface area contributed by atoms with Gasteiger partial charge in [0.1, 0.15) is 0 Å². The molecule has 0 aromatic rings. The molecular formula is C13H22N2O4. The third kappa shape index (κ3) is 3.18. The number of rotatable bonds is 6. The van der Waals surface area contributed by atoms with Crippen molar-refractivity contribution in [1.82, 2.24) is 10.6 Å². The molecule has 0 aromatic heterocycles. The molecular weight excluding hydrogens is 248 g/mol. The molecule has 0 atom stereocenters. The van der Waals surface area contributed by atoms with E-state index in [-0.39, 0.29) is 24.7 Å². The lowest BCUT2D eigenvalue weighted by molar-refractivity contribution is -0.153. The van der Waals surface area contributed by atoms with Gasteiger partial charge < -0.3 is 20.5 Å². The van der Waals surface area contributed by atoms with Gasteiger partial charge >= 0.3 is 12.0 Å². The number of hydrogen-bond donors (Lipinski definition) is 3. The number of carboxylic acids is 1. The molecule has 3 N–H and O–H groups in total. The van der Waals surface area contributed by atoms with Crippen molar-refractivity contribution in [2.45, 2.75) is 51.2 Å². The van der Waals surface area contributed by atoms with Crippen LogP contribution in [0.2, 0.25) is 0 Å². The molecule has 0 aromatic carbocycles. The van der Waals surface area contributed by atoms with Gasteiger partial charge in [0.2, 0.25) is 0 Å². The smallest absolute Gasteiger partial charge is 0.315 e. The Morgan fingerprint density at radius 3 is 2.53 bits per heavy atom. The number of urea groups is 1. The van der Waals surface area contributed by atoms with Crippen LogP contribution in [0.3, 0.4) is 0 Å². The van der Waals surface area contributed by atoms with Crippen LogP contribution in [0.5, 0.6) is 0 Å². The molecule has 0 saturated heterocycles. The topological polar surface area (TPSA) is 87.7 Å². The minimum atomic E-state index is -0.806. The lowest BCUT2D eigenvalue weighted by atomic mass is 9.69. The number of carboxylic acid groups (broad SMARTS) is 1. The SMILES string of the molecule is CCOC1CC(NC(=O)NCC2(C(=O)O)CCC2)C1. The maximum absolute atomic E-state index is 11.7. The summed E-state index contributed by atoms with van der Waals surface area (Å²) >= 11 is 0. The number of hydrogen-bond acceptors (Lipinski definition) is 3. The van der Waals surface area contributed by atoms with Crippen molar-refractivity contribution < 1.29 is 19.4 Å². The molecule has 2 aliphatic rings. The summed E-state index contributed by atoms with van der Waals surface area (Å²) in [6.07, 6.45) is 4.16. The molecule has 6 heteroatoms. The molecule has 0 unspecified atom stereocenters. The van der Waals surface area contributed by atoms with E-state index in [1.807, 2.05) is 6.92 Å². The number of aliphatic carboxylic acids is 1. The number of nitrogens with one attached hydrogen (secondary N) is 2. The second kappa shape index (κ2) is 5.77. The molecule has 2 aliphatic carbocycles. The zero-order valence-electron chi connectivity index (χ0n) is 11.3. The average molecular weight is 270 g/mol. The first-order valence-corrected chi connectivity index (χ1v) is 6.95. The minimum absolute atomic E-state index is 0.152. The Kier molecular flexibility index (Phi) is 4.29. The normalized spacial score (nSPS) is 27.8. The van der Waals surface area contributed by atoms with E-state index in [4.69, 9.17) is 9.84 Å². The second-order valence-corrected chi connectivity index (χ2v) is 5.51. The second-order valence-electron chi connectivity index (χ2n) is 5.51. The zero-order chi connectivity index (χ0) is 13.9. The summed E-state index contributed by atoms with van der Waals surface area (Å²) in [5, 5.41) is 14.7. The summed E-state index contributed by atoms with van der Waals surface area (Å²) in [4.78, 5) is 22.8. The van der Waals surface area contributed by atoms with E-state index in [2.05, 4.69) is 10.6 Å². The van der Waals surface area contributed by atoms with Crippen LogP contribution in [-0.2, 0) is 9.53 Å². The van der Waals surface area contributed by atoms with Gasteiger partial charge in [-0.25, -0.2) is 4.79 Å². The van der Waals surface area contributed by atoms with Crippen LogP contribution in [0.15, 0.2) is 0 Å². The van der Waals surface area contributed by atoms with Crippen molar-refractivity contribution in [2.75, 3.05) is 13.2 Å². The number of ether oxygens (including phenoxy) is 1. The van der Waals surface area contributed by atoms with Gasteiger partial charge in [0.25, 0.3) is 0 Å². The van der Waals surface area contributed by atoms with Crippen molar-refractivity contribution in [1.29, 1.82) is 0 Å². The van der Waals surface area contributed by atoms with Gasteiger partial charge in [-0.15, -0.1) is 0 Å². The first-order chi connectivity index (χ1) is 9.05. The monoisotopic (exact) mass is 270 g/mol. The molecule has 6 nitrogen and oxygen atoms in total. The summed E-state index contributed by atoms with van der Waals surface area (Å²) in [5.41, 5.74) is -0.731. The first-order valence-electron chi connectivity index (χ1n) is 6.95. The third-order valence-corrected chi connectivity index (χ3v) is 4.18. The van der Waals surface area contributed by atoms with Gasteiger partial charge in [-0.3, -0.25) is 4.79 Å². The van der Waals surface area contributed by atoms with Crippen LogP contribution in [0, 0.1) is 5.41 Å². The summed E-state index contributed by atoms with van der Waals surface area (Å²) < 4.78 is 5.41. The molecule has 2 rings (SSSR count). The van der Waals surface area contributed by atoms with Crippen LogP contribution in [-0.4, -0.2) is 42.4 Å². The summed E-state index contributed by atoms with van der Waals surface area (Å²) in [7, 11) is 0. The predicted octanol–water partition coefficient (Wildman–Crippen LogP) is 1.11. The summed E-state index contributed by atoms with van der Waals surface area (Å²) in [6.45, 7) is 2.87. The van der Waals surface area contributed by atoms with E-state index in [1.165, 1.54) is 0 Å². The molecule has 108 valence electrons. The minimum Gasteiger partial charge on any atom is -0.481 e. The first kappa shape index (κ1) is 14.1. The fraction of sp³-hybridized carbons (Fsp3) is 0.846. The fourth-order valence-corrected chi connectivity index (χ4v) is 2.61. The number of carbonyl (C=O) groups is 2. The van der Waals surface area contributed by atoms with Crippen LogP contribution in [0.4, 0.5) is 4.79 Å². The number of carbonyl (C=O) groups excluding carboxylic acids is 1. The van der Waals surface area contributed by atoms with Gasteiger partial charge in [0.15, 0.2) is 0 Å². The lowest BCUT2D eigenvalue weighted by Gasteiger charge is -2.38. The van der Waals surface area contributed by atoms with E-state index < -0.39 is 11.4 Å². The predicted molar refractivity (Wildman–Crippen MR) is 68.9 cm³/mol. The molecule has 19 heavy (non-hydrogen) atoms. The highest BCUT2D eigenvalue weighted by Gasteiger charge is 2.44. The molecule has 0 heterocycles. The largest absolute Gasteiger partial charge is 0.481 e. The zero-order valence-corrected chi connectivity index (χ0v) is 11.3. The Morgan fingerprint density at radius 2 is 2.05 bits per heavy atom. The summed E-state index contributed by atoms with van der Waals surface area (Å²) in [5.74, 6) is -0.806. The lowest BCUT2D eigenvalue weighted by Crippen LogP contribution is -2.54. The standard InChI is InChI=1S/C13H22N2O4/c1-2-19-10-6-9(7-10)15-12(18)14-8-13(11(16)17)4-3-5-13/h9-10H,2-8H2,1H3,(H,16,17)(H2,14,15,18). The van der Waals surface area contributed by atoms with Crippen LogP contribution in [0.25, 0.3) is 0 Å². The Balaban J connectivity index is 1.64. The molecule has 0 aliphatic heterocycles. The van der Waals surface area contributed by atoms with Gasteiger partial charge in [0.05, 0.1) is 11.5 Å². The third-order valence-electron chi connectivity index (χ3n) is 4.18. The quantitative estimate of drug-likeness (QED) is 0.674. The van der Waals surface area contributed by atoms with Crippen LogP contribution in [0.1, 0.15) is 39.0 Å². The molecule has 2 fully saturated rings. The van der Waals surface area contributed by atoms with Gasteiger partial charge in [-0.05, 0) is 32.6 Å².